The summed E-state index contributed by atoms with van der Waals surface area (Å²) < 4.78 is 18.0. The number of benzene rings is 1. The summed E-state index contributed by atoms with van der Waals surface area (Å²) in [7, 11) is 0. The van der Waals surface area contributed by atoms with E-state index in [1.165, 1.54) is 29.4 Å². The molecule has 0 bridgehead atoms. The van der Waals surface area contributed by atoms with Crippen LogP contribution in [0.1, 0.15) is 21.7 Å². The third-order valence-electron chi connectivity index (χ3n) is 5.26. The number of thiophene rings is 1. The Kier molecular flexibility index (Phi) is 5.77. The number of aryl methyl sites for hydroxylation is 1. The van der Waals surface area contributed by atoms with Crippen LogP contribution in [0.2, 0.25) is 0 Å². The molecule has 0 fully saturated rings. The van der Waals surface area contributed by atoms with Gasteiger partial charge in [0.25, 0.3) is 0 Å². The molecule has 0 atom stereocenters. The number of ketones is 1. The first-order chi connectivity index (χ1) is 16.0. The van der Waals surface area contributed by atoms with E-state index < -0.39 is 5.97 Å². The van der Waals surface area contributed by atoms with Gasteiger partial charge in [-0.2, -0.15) is 0 Å². The number of hydrogen-bond donors (Lipinski definition) is 0. The van der Waals surface area contributed by atoms with Gasteiger partial charge in [0, 0.05) is 34.1 Å². The predicted octanol–water partition coefficient (Wildman–Crippen LogP) is 4.35. The first kappa shape index (κ1) is 21.5. The summed E-state index contributed by atoms with van der Waals surface area (Å²) in [5.74, 6) is 0.702. The molecule has 33 heavy (non-hydrogen) atoms. The number of thioether (sulfide) groups is 1. The fourth-order valence-corrected chi connectivity index (χ4v) is 5.32. The third-order valence-corrected chi connectivity index (χ3v) is 7.06. The molecule has 5 rings (SSSR count). The first-order valence-electron chi connectivity index (χ1n) is 10.1. The molecular weight excluding hydrogens is 462 g/mol. The van der Waals surface area contributed by atoms with Crippen molar-refractivity contribution >= 4 is 45.1 Å². The molecule has 0 saturated heterocycles. The van der Waals surface area contributed by atoms with Gasteiger partial charge in [-0.3, -0.25) is 9.59 Å². The van der Waals surface area contributed by atoms with Gasteiger partial charge < -0.3 is 18.8 Å². The summed E-state index contributed by atoms with van der Waals surface area (Å²) in [4.78, 5) is 34.4. The van der Waals surface area contributed by atoms with Gasteiger partial charge in [-0.05, 0) is 43.5 Å². The molecule has 0 aliphatic carbocycles. The van der Waals surface area contributed by atoms with Crippen LogP contribution in [-0.4, -0.2) is 45.4 Å². The van der Waals surface area contributed by atoms with Crippen LogP contribution in [0, 0.1) is 13.8 Å². The van der Waals surface area contributed by atoms with E-state index in [9.17, 15) is 9.59 Å². The maximum atomic E-state index is 12.8. The highest BCUT2D eigenvalue weighted by Gasteiger charge is 2.20. The second-order valence-electron chi connectivity index (χ2n) is 7.35. The van der Waals surface area contributed by atoms with Crippen LogP contribution in [-0.2, 0) is 9.53 Å². The zero-order valence-electron chi connectivity index (χ0n) is 17.9. The SMILES string of the molecule is Cc1cc(C(=O)COC(=O)CSc2ncnc3sccc23)c(C)n1-c1ccc2c(c1)OCO2. The van der Waals surface area contributed by atoms with Gasteiger partial charge in [0.1, 0.15) is 16.2 Å². The lowest BCUT2D eigenvalue weighted by molar-refractivity contribution is -0.139. The van der Waals surface area contributed by atoms with Gasteiger partial charge in [-0.1, -0.05) is 11.8 Å². The van der Waals surface area contributed by atoms with Gasteiger partial charge in [0.15, 0.2) is 18.1 Å². The molecule has 0 saturated carbocycles. The van der Waals surface area contributed by atoms with Crippen LogP contribution in [0.15, 0.2) is 47.1 Å². The Labute approximate surface area is 197 Å². The van der Waals surface area contributed by atoms with Crippen LogP contribution in [0.4, 0.5) is 0 Å². The lowest BCUT2D eigenvalue weighted by Gasteiger charge is -2.11. The van der Waals surface area contributed by atoms with Crippen LogP contribution in [0.3, 0.4) is 0 Å². The quantitative estimate of drug-likeness (QED) is 0.167. The van der Waals surface area contributed by atoms with Crippen LogP contribution in [0.5, 0.6) is 11.5 Å². The van der Waals surface area contributed by atoms with E-state index in [0.717, 1.165) is 32.3 Å². The second kappa shape index (κ2) is 8.87. The van der Waals surface area contributed by atoms with Gasteiger partial charge >= 0.3 is 5.97 Å². The largest absolute Gasteiger partial charge is 0.457 e. The van der Waals surface area contributed by atoms with E-state index in [0.29, 0.717) is 17.1 Å². The summed E-state index contributed by atoms with van der Waals surface area (Å²) in [6, 6.07) is 9.37. The minimum Gasteiger partial charge on any atom is -0.457 e. The summed E-state index contributed by atoms with van der Waals surface area (Å²) in [6.07, 6.45) is 1.48. The molecule has 4 aromatic rings. The molecule has 0 N–H and O–H groups in total. The Bertz CT molecular complexity index is 1380. The molecule has 0 amide bonds. The van der Waals surface area contributed by atoms with Gasteiger partial charge in [-0.15, -0.1) is 11.3 Å². The van der Waals surface area contributed by atoms with Crippen molar-refractivity contribution in [1.82, 2.24) is 14.5 Å². The Hall–Kier alpha value is -3.37. The zero-order chi connectivity index (χ0) is 22.9. The van der Waals surface area contributed by atoms with E-state index in [1.807, 2.05) is 48.1 Å². The molecule has 0 radical (unpaired) electrons. The minimum atomic E-state index is -0.472. The fraction of sp³-hybridized carbons (Fsp3) is 0.217. The lowest BCUT2D eigenvalue weighted by atomic mass is 10.1. The molecular formula is C23H19N3O5S2. The normalized spacial score (nSPS) is 12.3. The van der Waals surface area contributed by atoms with E-state index in [1.54, 1.807) is 6.07 Å². The van der Waals surface area contributed by atoms with E-state index >= 15 is 0 Å². The number of hydrogen-bond acceptors (Lipinski definition) is 9. The highest BCUT2D eigenvalue weighted by molar-refractivity contribution is 8.00. The molecule has 0 unspecified atom stereocenters. The number of fused-ring (bicyclic) bond motifs is 2. The Morgan fingerprint density at radius 3 is 2.88 bits per heavy atom. The smallest absolute Gasteiger partial charge is 0.316 e. The molecule has 10 heteroatoms. The fourth-order valence-electron chi connectivity index (χ4n) is 3.74. The maximum absolute atomic E-state index is 12.8. The molecule has 1 aliphatic heterocycles. The van der Waals surface area contributed by atoms with Crippen molar-refractivity contribution in [3.63, 3.8) is 0 Å². The topological polar surface area (TPSA) is 92.5 Å². The highest BCUT2D eigenvalue weighted by Crippen LogP contribution is 2.35. The third kappa shape index (κ3) is 4.19. The van der Waals surface area contributed by atoms with E-state index in [4.69, 9.17) is 14.2 Å². The Balaban J connectivity index is 1.23. The molecule has 4 heterocycles. The average Bonchev–Trinajstić information content (AvgIpc) is 3.54. The van der Waals surface area contributed by atoms with Crippen molar-refractivity contribution in [3.8, 4) is 17.2 Å². The van der Waals surface area contributed by atoms with Crippen LogP contribution >= 0.6 is 23.1 Å². The summed E-state index contributed by atoms with van der Waals surface area (Å²) in [5.41, 5.74) is 3.04. The zero-order valence-corrected chi connectivity index (χ0v) is 19.5. The molecule has 1 aromatic carbocycles. The number of ether oxygens (including phenoxy) is 3. The van der Waals surface area contributed by atoms with Crippen LogP contribution < -0.4 is 9.47 Å². The monoisotopic (exact) mass is 481 g/mol. The summed E-state index contributed by atoms with van der Waals surface area (Å²) >= 11 is 2.79. The van der Waals surface area contributed by atoms with E-state index in [2.05, 4.69) is 9.97 Å². The first-order valence-corrected chi connectivity index (χ1v) is 12.0. The molecule has 1 aliphatic rings. The number of Topliss-reactive ketones (excluding diaryl/α,β-unsaturated/α-hetero) is 1. The minimum absolute atomic E-state index is 0.0610. The van der Waals surface area contributed by atoms with Gasteiger partial charge in [0.2, 0.25) is 12.6 Å². The maximum Gasteiger partial charge on any atom is 0.316 e. The summed E-state index contributed by atoms with van der Waals surface area (Å²) in [5, 5.41) is 3.56. The van der Waals surface area contributed by atoms with Gasteiger partial charge in [-0.25, -0.2) is 9.97 Å². The Morgan fingerprint density at radius 1 is 1.15 bits per heavy atom. The standard InChI is InChI=1S/C23H19N3O5S2/c1-13-7-17(14(2)26(13)15-3-4-19-20(8-15)31-12-30-19)18(27)9-29-21(28)10-33-23-16-5-6-32-22(16)24-11-25-23/h3-8,11H,9-10,12H2,1-2H3. The predicted molar refractivity (Wildman–Crippen MR) is 125 cm³/mol. The second-order valence-corrected chi connectivity index (χ2v) is 9.21. The highest BCUT2D eigenvalue weighted by atomic mass is 32.2. The summed E-state index contributed by atoms with van der Waals surface area (Å²) in [6.45, 7) is 3.67. The van der Waals surface area contributed by atoms with Crippen molar-refractivity contribution in [2.75, 3.05) is 19.2 Å². The number of aromatic nitrogens is 3. The molecule has 0 spiro atoms. The number of rotatable bonds is 7. The average molecular weight is 482 g/mol. The number of nitrogens with zero attached hydrogens (tertiary/aromatic N) is 3. The lowest BCUT2D eigenvalue weighted by Crippen LogP contribution is -2.16. The number of carbonyl (C=O) groups excluding carboxylic acids is 2. The molecule has 168 valence electrons. The Morgan fingerprint density at radius 2 is 2.00 bits per heavy atom. The number of carbonyl (C=O) groups is 2. The van der Waals surface area contributed by atoms with Crippen molar-refractivity contribution in [3.05, 3.63) is 59.0 Å². The van der Waals surface area contributed by atoms with Gasteiger partial charge in [0.05, 0.1) is 5.75 Å². The van der Waals surface area contributed by atoms with Crippen molar-refractivity contribution in [2.24, 2.45) is 0 Å². The van der Waals surface area contributed by atoms with Crippen molar-refractivity contribution < 1.29 is 23.8 Å². The molecule has 3 aromatic heterocycles. The number of esters is 1. The van der Waals surface area contributed by atoms with Crippen LogP contribution in [0.25, 0.3) is 15.9 Å². The van der Waals surface area contributed by atoms with Crippen molar-refractivity contribution in [1.29, 1.82) is 0 Å². The van der Waals surface area contributed by atoms with E-state index in [-0.39, 0.29) is 24.9 Å². The van der Waals surface area contributed by atoms with Crippen molar-refractivity contribution in [2.45, 2.75) is 18.9 Å². The molecule has 8 nitrogen and oxygen atoms in total.